The van der Waals surface area contributed by atoms with Gasteiger partial charge in [-0.15, -0.1) is 23.2 Å². The van der Waals surface area contributed by atoms with E-state index in [0.29, 0.717) is 22.3 Å². The molecule has 2 aromatic carbocycles. The average Bonchev–Trinajstić information content (AvgIpc) is 2.90. The number of furan rings is 1. The molecule has 3 aromatic rings. The zero-order valence-corrected chi connectivity index (χ0v) is 12.4. The van der Waals surface area contributed by atoms with E-state index in [1.165, 1.54) is 0 Å². The van der Waals surface area contributed by atoms with Gasteiger partial charge < -0.3 is 4.42 Å². The Balaban J connectivity index is 2.25. The molecule has 0 bridgehead atoms. The summed E-state index contributed by atoms with van der Waals surface area (Å²) in [6.45, 7) is 0. The van der Waals surface area contributed by atoms with Crippen molar-refractivity contribution in [3.05, 3.63) is 47.5 Å². The third-order valence-corrected chi connectivity index (χ3v) is 3.84. The topological polar surface area (TPSA) is 47.3 Å². The smallest absolute Gasteiger partial charge is 0.177 e. The van der Waals surface area contributed by atoms with Crippen LogP contribution in [-0.4, -0.2) is 23.3 Å². The van der Waals surface area contributed by atoms with Crippen LogP contribution in [-0.2, 0) is 0 Å². The Morgan fingerprint density at radius 3 is 1.62 bits per heavy atom. The van der Waals surface area contributed by atoms with Crippen LogP contribution in [0.4, 0.5) is 0 Å². The molecule has 0 fully saturated rings. The van der Waals surface area contributed by atoms with Gasteiger partial charge in [0.05, 0.1) is 11.8 Å². The maximum atomic E-state index is 11.7. The van der Waals surface area contributed by atoms with Crippen molar-refractivity contribution >= 4 is 56.7 Å². The first kappa shape index (κ1) is 14.1. The van der Waals surface area contributed by atoms with E-state index < -0.39 is 0 Å². The number of Topliss-reactive ketones (excluding diaryl/α,β-unsaturated/α-hetero) is 2. The summed E-state index contributed by atoms with van der Waals surface area (Å²) in [5, 5.41) is 1.57. The molecule has 0 amide bonds. The van der Waals surface area contributed by atoms with Gasteiger partial charge in [-0.3, -0.25) is 9.59 Å². The number of fused-ring (bicyclic) bond motifs is 3. The summed E-state index contributed by atoms with van der Waals surface area (Å²) in [6, 6.07) is 10.3. The van der Waals surface area contributed by atoms with Crippen LogP contribution in [0.5, 0.6) is 0 Å². The van der Waals surface area contributed by atoms with E-state index in [-0.39, 0.29) is 23.3 Å². The van der Waals surface area contributed by atoms with E-state index in [1.807, 2.05) is 0 Å². The van der Waals surface area contributed by atoms with Gasteiger partial charge in [0.25, 0.3) is 0 Å². The van der Waals surface area contributed by atoms with Crippen molar-refractivity contribution in [2.75, 3.05) is 11.8 Å². The molecule has 21 heavy (non-hydrogen) atoms. The van der Waals surface area contributed by atoms with Crippen LogP contribution in [0.3, 0.4) is 0 Å². The van der Waals surface area contributed by atoms with Crippen LogP contribution in [0, 0.1) is 0 Å². The van der Waals surface area contributed by atoms with Crippen LogP contribution < -0.4 is 0 Å². The maximum absolute atomic E-state index is 11.7. The Morgan fingerprint density at radius 1 is 0.810 bits per heavy atom. The lowest BCUT2D eigenvalue weighted by Crippen LogP contribution is -2.00. The van der Waals surface area contributed by atoms with Crippen molar-refractivity contribution in [3.63, 3.8) is 0 Å². The number of benzene rings is 2. The van der Waals surface area contributed by atoms with Gasteiger partial charge >= 0.3 is 0 Å². The van der Waals surface area contributed by atoms with Gasteiger partial charge in [-0.05, 0) is 36.4 Å². The van der Waals surface area contributed by atoms with Crippen LogP contribution in [0.25, 0.3) is 21.9 Å². The Kier molecular flexibility index (Phi) is 3.70. The molecule has 0 N–H and O–H groups in total. The van der Waals surface area contributed by atoms with Crippen molar-refractivity contribution in [2.45, 2.75) is 0 Å². The first-order valence-corrected chi connectivity index (χ1v) is 7.35. The Hall–Kier alpha value is -1.84. The van der Waals surface area contributed by atoms with Crippen LogP contribution in [0.1, 0.15) is 20.7 Å². The zero-order chi connectivity index (χ0) is 15.0. The Bertz CT molecular complexity index is 794. The fraction of sp³-hybridized carbons (Fsp3) is 0.125. The largest absolute Gasteiger partial charge is 0.456 e. The third kappa shape index (κ3) is 2.43. The molecular formula is C16H10Cl2O3. The van der Waals surface area contributed by atoms with Crippen molar-refractivity contribution in [3.8, 4) is 0 Å². The molecule has 1 heterocycles. The first-order valence-electron chi connectivity index (χ1n) is 6.28. The molecule has 3 rings (SSSR count). The number of alkyl halides is 2. The number of halogens is 2. The Labute approximate surface area is 130 Å². The van der Waals surface area contributed by atoms with Crippen molar-refractivity contribution in [1.82, 2.24) is 0 Å². The Morgan fingerprint density at radius 2 is 1.24 bits per heavy atom. The highest BCUT2D eigenvalue weighted by molar-refractivity contribution is 6.31. The van der Waals surface area contributed by atoms with Gasteiger partial charge in [0.2, 0.25) is 0 Å². The van der Waals surface area contributed by atoms with E-state index in [9.17, 15) is 9.59 Å². The predicted molar refractivity (Wildman–Crippen MR) is 83.8 cm³/mol. The standard InChI is InChI=1S/C16H10Cl2O3/c17-7-13(19)9-1-3-15-11(5-9)12-6-10(14(20)8-18)2-4-16(12)21-15/h1-6H,7-8H2. The molecule has 3 nitrogen and oxygen atoms in total. The van der Waals surface area contributed by atoms with Crippen LogP contribution in [0.15, 0.2) is 40.8 Å². The summed E-state index contributed by atoms with van der Waals surface area (Å²) in [4.78, 5) is 23.4. The second-order valence-corrected chi connectivity index (χ2v) is 5.17. The van der Waals surface area contributed by atoms with E-state index >= 15 is 0 Å². The van der Waals surface area contributed by atoms with Gasteiger partial charge in [-0.2, -0.15) is 0 Å². The highest BCUT2D eigenvalue weighted by Crippen LogP contribution is 2.30. The minimum absolute atomic E-state index is 0.0721. The highest BCUT2D eigenvalue weighted by Gasteiger charge is 2.13. The quantitative estimate of drug-likeness (QED) is 0.527. The number of rotatable bonds is 4. The fourth-order valence-electron chi connectivity index (χ4n) is 2.28. The molecule has 1 aromatic heterocycles. The molecule has 0 atom stereocenters. The molecule has 5 heteroatoms. The number of carbonyl (C=O) groups is 2. The summed E-state index contributed by atoms with van der Waals surface area (Å²) < 4.78 is 5.70. The van der Waals surface area contributed by atoms with Crippen molar-refractivity contribution < 1.29 is 14.0 Å². The summed E-state index contributed by atoms with van der Waals surface area (Å²) in [5.74, 6) is -0.448. The number of hydrogen-bond acceptors (Lipinski definition) is 3. The molecule has 0 aliphatic carbocycles. The van der Waals surface area contributed by atoms with E-state index in [2.05, 4.69) is 0 Å². The SMILES string of the molecule is O=C(CCl)c1ccc2oc3ccc(C(=O)CCl)cc3c2c1. The van der Waals surface area contributed by atoms with Crippen molar-refractivity contribution in [2.24, 2.45) is 0 Å². The predicted octanol–water partition coefficient (Wildman–Crippen LogP) is 4.43. The molecule has 0 spiro atoms. The summed E-state index contributed by atoms with van der Waals surface area (Å²) in [7, 11) is 0. The summed E-state index contributed by atoms with van der Waals surface area (Å²) in [5.41, 5.74) is 2.36. The summed E-state index contributed by atoms with van der Waals surface area (Å²) in [6.07, 6.45) is 0. The highest BCUT2D eigenvalue weighted by atomic mass is 35.5. The summed E-state index contributed by atoms with van der Waals surface area (Å²) >= 11 is 11.2. The molecular weight excluding hydrogens is 311 g/mol. The second-order valence-electron chi connectivity index (χ2n) is 4.64. The maximum Gasteiger partial charge on any atom is 0.177 e. The molecule has 0 unspecified atom stereocenters. The van der Waals surface area contributed by atoms with Gasteiger partial charge in [0, 0.05) is 21.9 Å². The first-order chi connectivity index (χ1) is 10.1. The fourth-order valence-corrected chi connectivity index (χ4v) is 2.59. The van der Waals surface area contributed by atoms with E-state index in [0.717, 1.165) is 10.8 Å². The minimum Gasteiger partial charge on any atom is -0.456 e. The number of hydrogen-bond donors (Lipinski definition) is 0. The van der Waals surface area contributed by atoms with E-state index in [1.54, 1.807) is 36.4 Å². The lowest BCUT2D eigenvalue weighted by Gasteiger charge is -1.98. The zero-order valence-electron chi connectivity index (χ0n) is 10.9. The molecule has 0 saturated heterocycles. The van der Waals surface area contributed by atoms with Crippen LogP contribution >= 0.6 is 23.2 Å². The lowest BCUT2D eigenvalue weighted by molar-refractivity contribution is 0.101. The minimum atomic E-state index is -0.152. The lowest BCUT2D eigenvalue weighted by atomic mass is 10.0. The van der Waals surface area contributed by atoms with Gasteiger partial charge in [0.1, 0.15) is 11.2 Å². The van der Waals surface area contributed by atoms with Crippen LogP contribution in [0.2, 0.25) is 0 Å². The molecule has 106 valence electrons. The van der Waals surface area contributed by atoms with E-state index in [4.69, 9.17) is 27.6 Å². The molecule has 0 aliphatic rings. The molecule has 0 radical (unpaired) electrons. The second kappa shape index (κ2) is 5.51. The monoisotopic (exact) mass is 320 g/mol. The molecule has 0 saturated carbocycles. The number of ketones is 2. The average molecular weight is 321 g/mol. The molecule has 0 aliphatic heterocycles. The third-order valence-electron chi connectivity index (χ3n) is 3.36. The number of carbonyl (C=O) groups excluding carboxylic acids is 2. The van der Waals surface area contributed by atoms with Gasteiger partial charge in [0.15, 0.2) is 11.6 Å². The normalized spacial score (nSPS) is 11.1. The van der Waals surface area contributed by atoms with Crippen molar-refractivity contribution in [1.29, 1.82) is 0 Å². The van der Waals surface area contributed by atoms with Gasteiger partial charge in [-0.25, -0.2) is 0 Å². The van der Waals surface area contributed by atoms with Gasteiger partial charge in [-0.1, -0.05) is 0 Å².